The van der Waals surface area contributed by atoms with Gasteiger partial charge in [0.15, 0.2) is 11.5 Å². The summed E-state index contributed by atoms with van der Waals surface area (Å²) in [5.41, 5.74) is 4.94. The summed E-state index contributed by atoms with van der Waals surface area (Å²) in [7, 11) is 1.36. The molecule has 0 amide bonds. The van der Waals surface area contributed by atoms with Crippen molar-refractivity contribution in [1.82, 2.24) is 5.01 Å². The van der Waals surface area contributed by atoms with Crippen molar-refractivity contribution in [2.24, 2.45) is 5.10 Å². The van der Waals surface area contributed by atoms with Gasteiger partial charge in [-0.05, 0) is 55.9 Å². The molecule has 1 fully saturated rings. The molecule has 0 unspecified atom stereocenters. The molecule has 2 aromatic carbocycles. The Kier molecular flexibility index (Phi) is 6.14. The molecule has 31 heavy (non-hydrogen) atoms. The number of hydrogen-bond donors (Lipinski definition) is 0. The molecule has 0 bridgehead atoms. The summed E-state index contributed by atoms with van der Waals surface area (Å²) in [6, 6.07) is 13.7. The second-order valence-electron chi connectivity index (χ2n) is 7.46. The highest BCUT2D eigenvalue weighted by Crippen LogP contribution is 2.51. The zero-order chi connectivity index (χ0) is 22.0. The SMILES string of the molecule is C/C=N\N1C(C(=O)OC)=C(OCc2ccccc2)c2ccc(Cl)c(C3CC3)c2/C1=C\C. The number of ether oxygens (including phenoxy) is 2. The van der Waals surface area contributed by atoms with Crippen LogP contribution in [-0.2, 0) is 20.9 Å². The Hall–Kier alpha value is -3.05. The fourth-order valence-corrected chi connectivity index (χ4v) is 4.25. The summed E-state index contributed by atoms with van der Waals surface area (Å²) in [4.78, 5) is 12.9. The van der Waals surface area contributed by atoms with Gasteiger partial charge in [-0.1, -0.05) is 48.0 Å². The van der Waals surface area contributed by atoms with Crippen LogP contribution in [0.15, 0.2) is 59.3 Å². The van der Waals surface area contributed by atoms with Gasteiger partial charge in [0, 0.05) is 22.4 Å². The van der Waals surface area contributed by atoms with Crippen LogP contribution in [0.4, 0.5) is 0 Å². The molecule has 4 rings (SSSR count). The highest BCUT2D eigenvalue weighted by molar-refractivity contribution is 6.32. The van der Waals surface area contributed by atoms with Gasteiger partial charge in [0.25, 0.3) is 0 Å². The van der Waals surface area contributed by atoms with Gasteiger partial charge in [0.2, 0.25) is 0 Å². The van der Waals surface area contributed by atoms with Crippen LogP contribution >= 0.6 is 11.6 Å². The minimum absolute atomic E-state index is 0.251. The summed E-state index contributed by atoms with van der Waals surface area (Å²) in [5, 5.41) is 6.83. The largest absolute Gasteiger partial charge is 0.486 e. The number of rotatable bonds is 6. The van der Waals surface area contributed by atoms with Crippen LogP contribution in [0.1, 0.15) is 54.9 Å². The van der Waals surface area contributed by atoms with E-state index in [-0.39, 0.29) is 5.70 Å². The molecule has 0 saturated heterocycles. The van der Waals surface area contributed by atoms with Crippen LogP contribution < -0.4 is 0 Å². The minimum Gasteiger partial charge on any atom is -0.486 e. The second kappa shape index (κ2) is 8.98. The molecule has 0 radical (unpaired) electrons. The third-order valence-electron chi connectivity index (χ3n) is 5.44. The van der Waals surface area contributed by atoms with Gasteiger partial charge >= 0.3 is 5.97 Å². The number of esters is 1. The third kappa shape index (κ3) is 3.98. The van der Waals surface area contributed by atoms with Crippen molar-refractivity contribution < 1.29 is 14.3 Å². The molecule has 1 aliphatic carbocycles. The lowest BCUT2D eigenvalue weighted by Gasteiger charge is -2.33. The molecular formula is C25H25ClN2O3. The Bertz CT molecular complexity index is 1090. The lowest BCUT2D eigenvalue weighted by Crippen LogP contribution is -2.29. The highest BCUT2D eigenvalue weighted by Gasteiger charge is 2.39. The van der Waals surface area contributed by atoms with E-state index in [2.05, 4.69) is 5.10 Å². The molecule has 6 heteroatoms. The number of nitrogens with zero attached hydrogens (tertiary/aromatic N) is 2. The van der Waals surface area contributed by atoms with Crippen LogP contribution in [0.25, 0.3) is 11.5 Å². The third-order valence-corrected chi connectivity index (χ3v) is 5.77. The maximum Gasteiger partial charge on any atom is 0.360 e. The number of methoxy groups -OCH3 is 1. The van der Waals surface area contributed by atoms with E-state index in [1.165, 1.54) is 7.11 Å². The first-order valence-corrected chi connectivity index (χ1v) is 10.8. The van der Waals surface area contributed by atoms with Gasteiger partial charge in [-0.3, -0.25) is 0 Å². The standard InChI is InChI=1S/C25H25ClN2O3/c1-4-20-22-18(13-14-19(26)21(22)17-11-12-17)24(31-15-16-9-7-6-8-10-16)23(25(29)30-3)28(20)27-5-2/h4-10,13-14,17H,11-12,15H2,1-3H3/b20-4+,27-5-. The van der Waals surface area contributed by atoms with Crippen LogP contribution in [0, 0.1) is 0 Å². The number of hydrogen-bond acceptors (Lipinski definition) is 5. The Morgan fingerprint density at radius 3 is 2.55 bits per heavy atom. The number of carbonyl (C=O) groups is 1. The number of allylic oxidation sites excluding steroid dienone is 1. The number of halogens is 1. The van der Waals surface area contributed by atoms with E-state index in [1.807, 2.05) is 62.4 Å². The van der Waals surface area contributed by atoms with Crippen molar-refractivity contribution in [1.29, 1.82) is 0 Å². The first-order chi connectivity index (χ1) is 15.1. The van der Waals surface area contributed by atoms with Gasteiger partial charge in [-0.25, -0.2) is 9.80 Å². The number of carbonyl (C=O) groups excluding carboxylic acids is 1. The first kappa shape index (κ1) is 21.2. The highest BCUT2D eigenvalue weighted by atomic mass is 35.5. The van der Waals surface area contributed by atoms with Crippen molar-refractivity contribution in [3.63, 3.8) is 0 Å². The zero-order valence-corrected chi connectivity index (χ0v) is 18.6. The molecular weight excluding hydrogens is 412 g/mol. The van der Waals surface area contributed by atoms with Crippen molar-refractivity contribution in [2.75, 3.05) is 7.11 Å². The lowest BCUT2D eigenvalue weighted by atomic mass is 9.90. The second-order valence-corrected chi connectivity index (χ2v) is 7.87. The van der Waals surface area contributed by atoms with Gasteiger partial charge in [-0.2, -0.15) is 5.10 Å². The Morgan fingerprint density at radius 1 is 1.19 bits per heavy atom. The Labute approximate surface area is 187 Å². The van der Waals surface area contributed by atoms with E-state index >= 15 is 0 Å². The number of hydrazone groups is 1. The van der Waals surface area contributed by atoms with E-state index in [0.29, 0.717) is 18.3 Å². The monoisotopic (exact) mass is 436 g/mol. The van der Waals surface area contributed by atoms with Crippen LogP contribution in [0.5, 0.6) is 0 Å². The lowest BCUT2D eigenvalue weighted by molar-refractivity contribution is -0.137. The average molecular weight is 437 g/mol. The molecule has 0 N–H and O–H groups in total. The Balaban J connectivity index is 1.94. The van der Waals surface area contributed by atoms with Crippen molar-refractivity contribution >= 4 is 35.2 Å². The molecule has 1 aliphatic heterocycles. The maximum absolute atomic E-state index is 12.9. The maximum atomic E-state index is 12.9. The molecule has 1 saturated carbocycles. The van der Waals surface area contributed by atoms with Crippen molar-refractivity contribution in [3.05, 3.63) is 81.5 Å². The van der Waals surface area contributed by atoms with E-state index in [4.69, 9.17) is 21.1 Å². The molecule has 2 aromatic rings. The number of benzene rings is 2. The molecule has 2 aliphatic rings. The molecule has 0 spiro atoms. The van der Waals surface area contributed by atoms with Gasteiger partial charge in [0.1, 0.15) is 6.61 Å². The normalized spacial score (nSPS) is 17.3. The Morgan fingerprint density at radius 2 is 1.94 bits per heavy atom. The smallest absolute Gasteiger partial charge is 0.360 e. The number of fused-ring (bicyclic) bond motifs is 1. The first-order valence-electron chi connectivity index (χ1n) is 10.4. The van der Waals surface area contributed by atoms with Crippen LogP contribution in [0.2, 0.25) is 5.02 Å². The van der Waals surface area contributed by atoms with Gasteiger partial charge in [-0.15, -0.1) is 0 Å². The van der Waals surface area contributed by atoms with Crippen LogP contribution in [0.3, 0.4) is 0 Å². The van der Waals surface area contributed by atoms with Gasteiger partial charge in [0.05, 0.1) is 12.8 Å². The fourth-order valence-electron chi connectivity index (χ4n) is 3.93. The molecule has 1 heterocycles. The molecule has 0 aromatic heterocycles. The quantitative estimate of drug-likeness (QED) is 0.414. The topological polar surface area (TPSA) is 51.1 Å². The summed E-state index contributed by atoms with van der Waals surface area (Å²) in [5.74, 6) is 0.335. The van der Waals surface area contributed by atoms with E-state index in [9.17, 15) is 4.79 Å². The van der Waals surface area contributed by atoms with E-state index < -0.39 is 5.97 Å². The van der Waals surface area contributed by atoms with E-state index in [0.717, 1.165) is 45.8 Å². The summed E-state index contributed by atoms with van der Waals surface area (Å²) in [6.45, 7) is 4.05. The summed E-state index contributed by atoms with van der Waals surface area (Å²) >= 11 is 6.66. The van der Waals surface area contributed by atoms with Crippen LogP contribution in [-0.4, -0.2) is 24.3 Å². The predicted octanol–water partition coefficient (Wildman–Crippen LogP) is 5.96. The van der Waals surface area contributed by atoms with Crippen molar-refractivity contribution in [3.8, 4) is 0 Å². The summed E-state index contributed by atoms with van der Waals surface area (Å²) in [6.07, 6.45) is 5.79. The average Bonchev–Trinajstić information content (AvgIpc) is 3.62. The molecule has 0 atom stereocenters. The van der Waals surface area contributed by atoms with Crippen molar-refractivity contribution in [2.45, 2.75) is 39.2 Å². The minimum atomic E-state index is -0.512. The molecule has 160 valence electrons. The summed E-state index contributed by atoms with van der Waals surface area (Å²) < 4.78 is 11.4. The van der Waals surface area contributed by atoms with E-state index in [1.54, 1.807) is 11.2 Å². The molecule has 5 nitrogen and oxygen atoms in total. The zero-order valence-electron chi connectivity index (χ0n) is 17.9. The van der Waals surface area contributed by atoms with Gasteiger partial charge < -0.3 is 9.47 Å². The predicted molar refractivity (Wildman–Crippen MR) is 123 cm³/mol. The fraction of sp³-hybridized carbons (Fsp3) is 0.280.